The molecule has 0 heterocycles. The molecule has 0 rings (SSSR count). The van der Waals surface area contributed by atoms with Crippen molar-refractivity contribution in [1.29, 1.82) is 0 Å². The highest BCUT2D eigenvalue weighted by molar-refractivity contribution is 5.71. The first-order valence-corrected chi connectivity index (χ1v) is 35.0. The molecule has 0 amide bonds. The van der Waals surface area contributed by atoms with Crippen molar-refractivity contribution in [3.63, 3.8) is 0 Å². The molecule has 0 radical (unpaired) electrons. The molecular weight excluding hydrogens is 961 g/mol. The largest absolute Gasteiger partial charge is 0.462 e. The molecular formula is C72H134O6. The molecule has 1 unspecified atom stereocenters. The quantitative estimate of drug-likeness (QED) is 0.0261. The van der Waals surface area contributed by atoms with Crippen molar-refractivity contribution >= 4 is 17.9 Å². The van der Waals surface area contributed by atoms with Crippen LogP contribution in [0.1, 0.15) is 387 Å². The normalized spacial score (nSPS) is 12.2. The van der Waals surface area contributed by atoms with Gasteiger partial charge in [0.1, 0.15) is 13.2 Å². The van der Waals surface area contributed by atoms with Gasteiger partial charge in [0.05, 0.1) is 0 Å². The van der Waals surface area contributed by atoms with Crippen molar-refractivity contribution in [1.82, 2.24) is 0 Å². The molecule has 0 bridgehead atoms. The molecule has 458 valence electrons. The van der Waals surface area contributed by atoms with E-state index in [1.807, 2.05) is 0 Å². The van der Waals surface area contributed by atoms with E-state index < -0.39 is 6.10 Å². The van der Waals surface area contributed by atoms with Gasteiger partial charge in [-0.1, -0.05) is 346 Å². The predicted molar refractivity (Wildman–Crippen MR) is 339 cm³/mol. The maximum atomic E-state index is 12.9. The number of esters is 3. The van der Waals surface area contributed by atoms with Crippen molar-refractivity contribution in [3.05, 3.63) is 36.5 Å². The second kappa shape index (κ2) is 67.1. The van der Waals surface area contributed by atoms with Crippen LogP contribution in [0.5, 0.6) is 0 Å². The lowest BCUT2D eigenvalue weighted by Crippen LogP contribution is -2.30. The van der Waals surface area contributed by atoms with Gasteiger partial charge in [-0.3, -0.25) is 14.4 Å². The Morgan fingerprint density at radius 3 is 0.718 bits per heavy atom. The van der Waals surface area contributed by atoms with Crippen molar-refractivity contribution in [2.24, 2.45) is 0 Å². The van der Waals surface area contributed by atoms with Gasteiger partial charge in [0.25, 0.3) is 0 Å². The van der Waals surface area contributed by atoms with E-state index in [1.54, 1.807) is 0 Å². The number of hydrogen-bond acceptors (Lipinski definition) is 6. The summed E-state index contributed by atoms with van der Waals surface area (Å²) in [6, 6.07) is 0. The molecule has 0 aromatic heterocycles. The first-order chi connectivity index (χ1) is 38.5. The summed E-state index contributed by atoms with van der Waals surface area (Å²) in [5, 5.41) is 0. The van der Waals surface area contributed by atoms with E-state index >= 15 is 0 Å². The van der Waals surface area contributed by atoms with E-state index in [4.69, 9.17) is 14.2 Å². The molecule has 0 aromatic rings. The number of carbonyl (C=O) groups is 3. The highest BCUT2D eigenvalue weighted by Gasteiger charge is 2.19. The van der Waals surface area contributed by atoms with Gasteiger partial charge in [-0.15, -0.1) is 0 Å². The predicted octanol–water partition coefficient (Wildman–Crippen LogP) is 23.9. The molecule has 0 N–H and O–H groups in total. The van der Waals surface area contributed by atoms with E-state index in [9.17, 15) is 14.4 Å². The molecule has 78 heavy (non-hydrogen) atoms. The van der Waals surface area contributed by atoms with Crippen molar-refractivity contribution in [2.75, 3.05) is 13.2 Å². The van der Waals surface area contributed by atoms with Crippen molar-refractivity contribution in [2.45, 2.75) is 393 Å². The Balaban J connectivity index is 4.18. The lowest BCUT2D eigenvalue weighted by Gasteiger charge is -2.18. The molecule has 0 saturated carbocycles. The van der Waals surface area contributed by atoms with E-state index in [0.717, 1.165) is 70.6 Å². The van der Waals surface area contributed by atoms with Crippen LogP contribution >= 0.6 is 0 Å². The Bertz CT molecular complexity index is 1300. The molecule has 0 fully saturated rings. The van der Waals surface area contributed by atoms with Crippen LogP contribution in [0.15, 0.2) is 36.5 Å². The summed E-state index contributed by atoms with van der Waals surface area (Å²) in [5.74, 6) is -0.837. The summed E-state index contributed by atoms with van der Waals surface area (Å²) in [5.41, 5.74) is 0. The van der Waals surface area contributed by atoms with Gasteiger partial charge in [-0.2, -0.15) is 0 Å². The molecule has 6 nitrogen and oxygen atoms in total. The smallest absolute Gasteiger partial charge is 0.306 e. The summed E-state index contributed by atoms with van der Waals surface area (Å²) in [6.07, 6.45) is 83.1. The topological polar surface area (TPSA) is 78.9 Å². The highest BCUT2D eigenvalue weighted by Crippen LogP contribution is 2.18. The van der Waals surface area contributed by atoms with Crippen LogP contribution in [-0.2, 0) is 28.6 Å². The Kier molecular flexibility index (Phi) is 65.1. The number of hydrogen-bond donors (Lipinski definition) is 0. The maximum absolute atomic E-state index is 12.9. The summed E-state index contributed by atoms with van der Waals surface area (Å²) in [6.45, 7) is 6.70. The first kappa shape index (κ1) is 75.6. The van der Waals surface area contributed by atoms with Crippen LogP contribution in [0.3, 0.4) is 0 Å². The van der Waals surface area contributed by atoms with Gasteiger partial charge in [-0.05, 0) is 57.8 Å². The molecule has 0 aromatic carbocycles. The zero-order chi connectivity index (χ0) is 56.4. The summed E-state index contributed by atoms with van der Waals surface area (Å²) in [7, 11) is 0. The zero-order valence-electron chi connectivity index (χ0n) is 52.7. The monoisotopic (exact) mass is 1100 g/mol. The van der Waals surface area contributed by atoms with Gasteiger partial charge in [0, 0.05) is 19.3 Å². The Labute approximate surface area is 486 Å². The molecule has 0 aliphatic heterocycles. The first-order valence-electron chi connectivity index (χ1n) is 35.0. The van der Waals surface area contributed by atoms with Crippen molar-refractivity contribution < 1.29 is 28.6 Å². The van der Waals surface area contributed by atoms with Crippen molar-refractivity contribution in [3.8, 4) is 0 Å². The lowest BCUT2D eigenvalue weighted by molar-refractivity contribution is -0.167. The van der Waals surface area contributed by atoms with Gasteiger partial charge < -0.3 is 14.2 Å². The fourth-order valence-electron chi connectivity index (χ4n) is 10.6. The maximum Gasteiger partial charge on any atom is 0.306 e. The second-order valence-electron chi connectivity index (χ2n) is 23.8. The molecule has 1 atom stereocenters. The van der Waals surface area contributed by atoms with Gasteiger partial charge in [0.15, 0.2) is 6.10 Å². The summed E-state index contributed by atoms with van der Waals surface area (Å²) in [4.78, 5) is 38.4. The minimum absolute atomic E-state index is 0.0654. The van der Waals surface area contributed by atoms with E-state index in [-0.39, 0.29) is 31.1 Å². The number of rotatable bonds is 65. The third kappa shape index (κ3) is 64.5. The zero-order valence-corrected chi connectivity index (χ0v) is 52.7. The van der Waals surface area contributed by atoms with Gasteiger partial charge in [0.2, 0.25) is 0 Å². The average Bonchev–Trinajstić information content (AvgIpc) is 3.44. The number of allylic oxidation sites excluding steroid dienone is 6. The molecule has 0 aliphatic carbocycles. The van der Waals surface area contributed by atoms with Crippen LogP contribution in [-0.4, -0.2) is 37.2 Å². The molecule has 0 saturated heterocycles. The van der Waals surface area contributed by atoms with Crippen LogP contribution in [0.25, 0.3) is 0 Å². The van der Waals surface area contributed by atoms with E-state index in [0.29, 0.717) is 19.3 Å². The number of carbonyl (C=O) groups excluding carboxylic acids is 3. The third-order valence-electron chi connectivity index (χ3n) is 15.9. The van der Waals surface area contributed by atoms with Gasteiger partial charge >= 0.3 is 17.9 Å². The van der Waals surface area contributed by atoms with Crippen LogP contribution in [0.2, 0.25) is 0 Å². The van der Waals surface area contributed by atoms with Crippen LogP contribution in [0.4, 0.5) is 0 Å². The summed E-state index contributed by atoms with van der Waals surface area (Å²) >= 11 is 0. The molecule has 0 spiro atoms. The minimum Gasteiger partial charge on any atom is -0.462 e. The Morgan fingerprint density at radius 2 is 0.462 bits per heavy atom. The summed E-state index contributed by atoms with van der Waals surface area (Å²) < 4.78 is 17.0. The fourth-order valence-corrected chi connectivity index (χ4v) is 10.6. The highest BCUT2D eigenvalue weighted by atomic mass is 16.6. The van der Waals surface area contributed by atoms with Gasteiger partial charge in [-0.25, -0.2) is 0 Å². The molecule has 6 heteroatoms. The minimum atomic E-state index is -0.768. The van der Waals surface area contributed by atoms with E-state index in [2.05, 4.69) is 57.2 Å². The Morgan fingerprint density at radius 1 is 0.256 bits per heavy atom. The SMILES string of the molecule is CCCCCCC/C=C\C/C=C\C/C=C\CCCCCCCCCCCCCCCCC(=O)OCC(COC(=O)CCCCCCCCCCCCCC)OC(=O)CCCCCCCCCCCCCCCCCCCCC. The standard InChI is InChI=1S/C72H134O6/c1-4-7-10-13-16-19-22-25-27-29-31-32-33-34-35-36-37-38-39-40-42-43-45-47-50-53-56-59-62-65-71(74)77-68-69(67-76-70(73)64-61-58-55-52-49-24-21-18-15-12-9-6-3)78-72(75)66-63-60-57-54-51-48-46-44-41-30-28-26-23-20-17-14-11-8-5-2/h22,25,29,31,33-34,69H,4-21,23-24,26-28,30,32,35-68H2,1-3H3/b25-22-,31-29-,34-33-. The van der Waals surface area contributed by atoms with Crippen LogP contribution in [0, 0.1) is 0 Å². The third-order valence-corrected chi connectivity index (χ3v) is 15.9. The van der Waals surface area contributed by atoms with E-state index in [1.165, 1.54) is 276 Å². The number of ether oxygens (including phenoxy) is 3. The molecule has 0 aliphatic rings. The fraction of sp³-hybridized carbons (Fsp3) is 0.875. The lowest BCUT2D eigenvalue weighted by atomic mass is 10.0. The number of unbranched alkanes of at least 4 members (excludes halogenated alkanes) is 48. The Hall–Kier alpha value is -2.37. The average molecular weight is 1100 g/mol. The second-order valence-corrected chi connectivity index (χ2v) is 23.8. The van der Waals surface area contributed by atoms with Crippen LogP contribution < -0.4 is 0 Å².